The van der Waals surface area contributed by atoms with Crippen molar-refractivity contribution in [3.05, 3.63) is 88.2 Å². The van der Waals surface area contributed by atoms with Crippen molar-refractivity contribution in [3.8, 4) is 16.9 Å². The highest BCUT2D eigenvalue weighted by Crippen LogP contribution is 2.28. The summed E-state index contributed by atoms with van der Waals surface area (Å²) < 4.78 is 40.7. The van der Waals surface area contributed by atoms with E-state index in [4.69, 9.17) is 11.6 Å². The van der Waals surface area contributed by atoms with E-state index in [0.29, 0.717) is 6.07 Å². The quantitative estimate of drug-likeness (QED) is 0.480. The lowest BCUT2D eigenvalue weighted by Gasteiger charge is -2.08. The molecule has 3 rings (SSSR count). The van der Waals surface area contributed by atoms with E-state index in [9.17, 15) is 23.1 Å². The standard InChI is InChI=1S/C20H12ClF3N2O2/c21-16-2-1-3-17(23)15(16)10-25-26-20(28)14-8-11(4-7-19(14)27)13-6-5-12(22)9-18(13)24/h1-10,27H,(H,26,28). The zero-order chi connectivity index (χ0) is 20.3. The molecule has 1 amide bonds. The zero-order valence-corrected chi connectivity index (χ0v) is 14.8. The molecular weight excluding hydrogens is 393 g/mol. The summed E-state index contributed by atoms with van der Waals surface area (Å²) >= 11 is 5.86. The number of phenolic OH excluding ortho intramolecular Hbond substituents is 1. The maximum Gasteiger partial charge on any atom is 0.275 e. The van der Waals surface area contributed by atoms with Gasteiger partial charge < -0.3 is 5.11 Å². The number of carbonyl (C=O) groups excluding carboxylic acids is 1. The van der Waals surface area contributed by atoms with Gasteiger partial charge in [-0.3, -0.25) is 4.79 Å². The molecule has 0 bridgehead atoms. The molecule has 2 N–H and O–H groups in total. The summed E-state index contributed by atoms with van der Waals surface area (Å²) in [6, 6.07) is 10.9. The summed E-state index contributed by atoms with van der Waals surface area (Å²) in [7, 11) is 0. The van der Waals surface area contributed by atoms with Gasteiger partial charge in [-0.05, 0) is 42.0 Å². The molecule has 0 fully saturated rings. The van der Waals surface area contributed by atoms with Gasteiger partial charge in [0.25, 0.3) is 5.91 Å². The first-order chi connectivity index (χ1) is 13.4. The Balaban J connectivity index is 1.85. The van der Waals surface area contributed by atoms with Crippen LogP contribution in [0.3, 0.4) is 0 Å². The number of amides is 1. The summed E-state index contributed by atoms with van der Waals surface area (Å²) in [5.41, 5.74) is 2.23. The molecule has 142 valence electrons. The van der Waals surface area contributed by atoms with Gasteiger partial charge in [0.1, 0.15) is 23.2 Å². The predicted molar refractivity (Wildman–Crippen MR) is 99.9 cm³/mol. The maximum absolute atomic E-state index is 14.0. The Morgan fingerprint density at radius 2 is 1.82 bits per heavy atom. The molecule has 0 aliphatic rings. The summed E-state index contributed by atoms with van der Waals surface area (Å²) in [4.78, 5) is 12.3. The maximum atomic E-state index is 14.0. The van der Waals surface area contributed by atoms with E-state index in [1.165, 1.54) is 42.5 Å². The van der Waals surface area contributed by atoms with Crippen molar-refractivity contribution in [2.75, 3.05) is 0 Å². The molecule has 0 spiro atoms. The van der Waals surface area contributed by atoms with E-state index >= 15 is 0 Å². The minimum absolute atomic E-state index is 0.0178. The van der Waals surface area contributed by atoms with Crippen LogP contribution in [0.25, 0.3) is 11.1 Å². The summed E-state index contributed by atoms with van der Waals surface area (Å²) in [6.45, 7) is 0. The minimum Gasteiger partial charge on any atom is -0.507 e. The highest BCUT2D eigenvalue weighted by atomic mass is 35.5. The van der Waals surface area contributed by atoms with Gasteiger partial charge in [-0.25, -0.2) is 18.6 Å². The van der Waals surface area contributed by atoms with Gasteiger partial charge in [-0.1, -0.05) is 23.7 Å². The average Bonchev–Trinajstić information content (AvgIpc) is 2.65. The molecule has 0 aliphatic carbocycles. The SMILES string of the molecule is O=C(NN=Cc1c(F)cccc1Cl)c1cc(-c2ccc(F)cc2F)ccc1O. The van der Waals surface area contributed by atoms with Crippen LogP contribution in [0, 0.1) is 17.5 Å². The fraction of sp³-hybridized carbons (Fsp3) is 0. The first-order valence-corrected chi connectivity index (χ1v) is 8.30. The monoisotopic (exact) mass is 404 g/mol. The van der Waals surface area contributed by atoms with Gasteiger partial charge in [0.05, 0.1) is 16.8 Å². The van der Waals surface area contributed by atoms with Gasteiger partial charge in [-0.15, -0.1) is 0 Å². The second-order valence-corrected chi connectivity index (χ2v) is 6.10. The highest BCUT2D eigenvalue weighted by Gasteiger charge is 2.14. The van der Waals surface area contributed by atoms with Crippen molar-refractivity contribution >= 4 is 23.7 Å². The second-order valence-electron chi connectivity index (χ2n) is 5.69. The van der Waals surface area contributed by atoms with E-state index in [2.05, 4.69) is 10.5 Å². The third kappa shape index (κ3) is 4.15. The third-order valence-corrected chi connectivity index (χ3v) is 4.17. The fourth-order valence-electron chi connectivity index (χ4n) is 2.46. The van der Waals surface area contributed by atoms with Crippen LogP contribution in [-0.4, -0.2) is 17.2 Å². The Labute approximate surface area is 162 Å². The molecule has 28 heavy (non-hydrogen) atoms. The Morgan fingerprint density at radius 1 is 1.04 bits per heavy atom. The van der Waals surface area contributed by atoms with Crippen molar-refractivity contribution in [2.24, 2.45) is 5.10 Å². The Hall–Kier alpha value is -3.32. The first-order valence-electron chi connectivity index (χ1n) is 7.92. The third-order valence-electron chi connectivity index (χ3n) is 3.84. The lowest BCUT2D eigenvalue weighted by molar-refractivity contribution is 0.0952. The van der Waals surface area contributed by atoms with E-state index in [0.717, 1.165) is 12.3 Å². The van der Waals surface area contributed by atoms with Crippen LogP contribution in [0.1, 0.15) is 15.9 Å². The molecule has 0 unspecified atom stereocenters. The van der Waals surface area contributed by atoms with Gasteiger partial charge >= 0.3 is 0 Å². The minimum atomic E-state index is -0.815. The molecule has 4 nitrogen and oxygen atoms in total. The molecule has 3 aromatic carbocycles. The van der Waals surface area contributed by atoms with Crippen molar-refractivity contribution < 1.29 is 23.1 Å². The zero-order valence-electron chi connectivity index (χ0n) is 14.1. The number of hydrogen-bond acceptors (Lipinski definition) is 3. The van der Waals surface area contributed by atoms with Crippen molar-refractivity contribution in [1.82, 2.24) is 5.43 Å². The van der Waals surface area contributed by atoms with Crippen LogP contribution in [-0.2, 0) is 0 Å². The summed E-state index contributed by atoms with van der Waals surface area (Å²) in [6.07, 6.45) is 1.02. The summed E-state index contributed by atoms with van der Waals surface area (Å²) in [5, 5.41) is 13.7. The van der Waals surface area contributed by atoms with Gasteiger partial charge in [-0.2, -0.15) is 5.10 Å². The molecule has 0 saturated heterocycles. The van der Waals surface area contributed by atoms with E-state index < -0.39 is 23.4 Å². The topological polar surface area (TPSA) is 61.7 Å². The number of phenols is 1. The lowest BCUT2D eigenvalue weighted by atomic mass is 10.0. The molecule has 3 aromatic rings. The van der Waals surface area contributed by atoms with Crippen LogP contribution >= 0.6 is 11.6 Å². The normalized spacial score (nSPS) is 11.0. The molecule has 8 heteroatoms. The number of benzene rings is 3. The predicted octanol–water partition coefficient (Wildman–Crippen LogP) is 4.89. The average molecular weight is 405 g/mol. The second kappa shape index (κ2) is 8.14. The number of halogens is 4. The fourth-order valence-corrected chi connectivity index (χ4v) is 2.67. The van der Waals surface area contributed by atoms with Crippen LogP contribution < -0.4 is 5.43 Å². The first kappa shape index (κ1) is 19.4. The van der Waals surface area contributed by atoms with Crippen LogP contribution in [0.2, 0.25) is 5.02 Å². The number of hydrazone groups is 1. The van der Waals surface area contributed by atoms with Gasteiger partial charge in [0, 0.05) is 17.2 Å². The van der Waals surface area contributed by atoms with E-state index in [-0.39, 0.29) is 33.0 Å². The van der Waals surface area contributed by atoms with Crippen LogP contribution in [0.4, 0.5) is 13.2 Å². The largest absolute Gasteiger partial charge is 0.507 e. The number of nitrogens with one attached hydrogen (secondary N) is 1. The molecule has 0 aromatic heterocycles. The van der Waals surface area contributed by atoms with Crippen molar-refractivity contribution in [1.29, 1.82) is 0 Å². The van der Waals surface area contributed by atoms with E-state index in [1.54, 1.807) is 0 Å². The van der Waals surface area contributed by atoms with Crippen molar-refractivity contribution in [3.63, 3.8) is 0 Å². The van der Waals surface area contributed by atoms with Gasteiger partial charge in [0.15, 0.2) is 0 Å². The van der Waals surface area contributed by atoms with Crippen molar-refractivity contribution in [2.45, 2.75) is 0 Å². The smallest absolute Gasteiger partial charge is 0.275 e. The Morgan fingerprint density at radius 3 is 2.54 bits per heavy atom. The highest BCUT2D eigenvalue weighted by molar-refractivity contribution is 6.33. The van der Waals surface area contributed by atoms with Crippen LogP contribution in [0.5, 0.6) is 5.75 Å². The number of hydrogen-bond donors (Lipinski definition) is 2. The molecule has 0 atom stereocenters. The Kier molecular flexibility index (Phi) is 5.65. The number of rotatable bonds is 4. The van der Waals surface area contributed by atoms with E-state index in [1.807, 2.05) is 0 Å². The molecule has 0 aliphatic heterocycles. The number of nitrogens with zero attached hydrogens (tertiary/aromatic N) is 1. The molecule has 0 radical (unpaired) electrons. The summed E-state index contributed by atoms with van der Waals surface area (Å²) in [5.74, 6) is -3.36. The number of carbonyl (C=O) groups is 1. The molecule has 0 saturated carbocycles. The number of aromatic hydroxyl groups is 1. The van der Waals surface area contributed by atoms with Gasteiger partial charge in [0.2, 0.25) is 0 Å². The Bertz CT molecular complexity index is 1070. The molecular formula is C20H12ClF3N2O2. The molecule has 0 heterocycles. The van der Waals surface area contributed by atoms with Crippen LogP contribution in [0.15, 0.2) is 59.7 Å². The lowest BCUT2D eigenvalue weighted by Crippen LogP contribution is -2.18.